The van der Waals surface area contributed by atoms with Crippen LogP contribution in [0.4, 0.5) is 4.39 Å². The van der Waals surface area contributed by atoms with Crippen molar-refractivity contribution < 1.29 is 9.13 Å². The first-order valence-electron chi connectivity index (χ1n) is 9.04. The minimum atomic E-state index is -0.564. The first-order valence-corrected chi connectivity index (χ1v) is 9.04. The molecule has 2 aromatic carbocycles. The summed E-state index contributed by atoms with van der Waals surface area (Å²) in [5.41, 5.74) is 3.19. The van der Waals surface area contributed by atoms with E-state index >= 15 is 0 Å². The van der Waals surface area contributed by atoms with Gasteiger partial charge in [0, 0.05) is 0 Å². The molecule has 1 aliphatic rings. The number of hydrogen-bond donors (Lipinski definition) is 0. The zero-order valence-corrected chi connectivity index (χ0v) is 15.9. The second-order valence-corrected chi connectivity index (χ2v) is 6.61. The van der Waals surface area contributed by atoms with E-state index in [1.54, 1.807) is 0 Å². The van der Waals surface area contributed by atoms with Gasteiger partial charge in [-0.25, -0.2) is 4.39 Å². The van der Waals surface area contributed by atoms with Gasteiger partial charge in [-0.05, 0) is 73.9 Å². The summed E-state index contributed by atoms with van der Waals surface area (Å²) in [6.07, 6.45) is 9.79. The van der Waals surface area contributed by atoms with Crippen LogP contribution in [-0.4, -0.2) is 25.0 Å². The van der Waals surface area contributed by atoms with Crippen LogP contribution in [0.25, 0.3) is 0 Å². The fraction of sp³-hybridized carbons (Fsp3) is 0.348. The maximum atomic E-state index is 13.4. The lowest BCUT2D eigenvalue weighted by molar-refractivity contribution is -0.0142. The Balaban J connectivity index is 0.00000126. The molecule has 2 aromatic rings. The Hall–Kier alpha value is -2.66. The first kappa shape index (κ1) is 20.6. The highest BCUT2D eigenvalue weighted by Gasteiger charge is 2.41. The van der Waals surface area contributed by atoms with Crippen LogP contribution in [0.2, 0.25) is 0 Å². The molecule has 1 unspecified atom stereocenters. The molecule has 0 saturated heterocycles. The summed E-state index contributed by atoms with van der Waals surface area (Å²) in [5.74, 6) is -0.248. The average Bonchev–Trinajstić information content (AvgIpc) is 3.08. The Morgan fingerprint density at radius 3 is 2.56 bits per heavy atom. The molecule has 4 heteroatoms. The average molecular weight is 364 g/mol. The van der Waals surface area contributed by atoms with Crippen LogP contribution in [0.3, 0.4) is 0 Å². The highest BCUT2D eigenvalue weighted by Crippen LogP contribution is 2.45. The minimum Gasteiger partial charge on any atom is -0.361 e. The molecule has 0 amide bonds. The van der Waals surface area contributed by atoms with Crippen molar-refractivity contribution in [2.24, 2.45) is 0 Å². The van der Waals surface area contributed by atoms with Crippen molar-refractivity contribution >= 4 is 0 Å². The maximum Gasteiger partial charge on any atom is 0.123 e. The van der Waals surface area contributed by atoms with Crippen molar-refractivity contribution in [1.82, 2.24) is 4.90 Å². The van der Waals surface area contributed by atoms with Gasteiger partial charge in [0.1, 0.15) is 11.4 Å². The summed E-state index contributed by atoms with van der Waals surface area (Å²) in [4.78, 5) is 2.27. The zero-order chi connectivity index (χ0) is 19.9. The van der Waals surface area contributed by atoms with E-state index in [9.17, 15) is 4.39 Å². The van der Waals surface area contributed by atoms with Gasteiger partial charge in [0.2, 0.25) is 0 Å². The third kappa shape index (κ3) is 4.37. The Morgan fingerprint density at radius 2 is 1.93 bits per heavy atom. The predicted molar refractivity (Wildman–Crippen MR) is 105 cm³/mol. The first-order chi connectivity index (χ1) is 13.1. The molecule has 0 radical (unpaired) electrons. The lowest BCUT2D eigenvalue weighted by atomic mass is 9.81. The van der Waals surface area contributed by atoms with E-state index in [0.29, 0.717) is 12.2 Å². The Kier molecular flexibility index (Phi) is 7.13. The molecule has 0 spiro atoms. The summed E-state index contributed by atoms with van der Waals surface area (Å²) < 4.78 is 19.7. The molecule has 0 fully saturated rings. The number of halogens is 1. The quantitative estimate of drug-likeness (QED) is 0.711. The van der Waals surface area contributed by atoms with E-state index in [0.717, 1.165) is 42.6 Å². The standard InChI is InChI=1S/C21H23FN2O.C2H2/c1-3-24(2)12-4-11-21(18-6-8-19(22)9-7-18)20-10-5-16(14-23)13-17(20)15-25-21;1-2/h5-10,13H,3-4,11-12,15H2,1-2H3;1-2H. The molecule has 1 atom stereocenters. The third-order valence-electron chi connectivity index (χ3n) is 5.06. The molecular formula is C23H25FN2O. The van der Waals surface area contributed by atoms with Crippen molar-refractivity contribution in [3.05, 3.63) is 70.5 Å². The van der Waals surface area contributed by atoms with Gasteiger partial charge >= 0.3 is 0 Å². The van der Waals surface area contributed by atoms with Crippen LogP contribution >= 0.6 is 0 Å². The zero-order valence-electron chi connectivity index (χ0n) is 15.9. The molecule has 140 valence electrons. The molecule has 0 aromatic heterocycles. The maximum absolute atomic E-state index is 13.4. The predicted octanol–water partition coefficient (Wildman–Crippen LogP) is 4.45. The van der Waals surface area contributed by atoms with Gasteiger partial charge in [-0.2, -0.15) is 5.26 Å². The van der Waals surface area contributed by atoms with Crippen molar-refractivity contribution in [3.63, 3.8) is 0 Å². The lowest BCUT2D eigenvalue weighted by Crippen LogP contribution is -2.29. The lowest BCUT2D eigenvalue weighted by Gasteiger charge is -2.31. The fourth-order valence-electron chi connectivity index (χ4n) is 3.52. The van der Waals surface area contributed by atoms with Gasteiger partial charge in [-0.1, -0.05) is 25.1 Å². The number of rotatable bonds is 6. The highest BCUT2D eigenvalue weighted by atomic mass is 19.1. The van der Waals surface area contributed by atoms with Gasteiger partial charge in [0.25, 0.3) is 0 Å². The monoisotopic (exact) mass is 364 g/mol. The topological polar surface area (TPSA) is 36.3 Å². The molecule has 0 bridgehead atoms. The fourth-order valence-corrected chi connectivity index (χ4v) is 3.52. The number of ether oxygens (including phenoxy) is 1. The van der Waals surface area contributed by atoms with Gasteiger partial charge in [0.05, 0.1) is 18.2 Å². The second-order valence-electron chi connectivity index (χ2n) is 6.61. The molecule has 0 N–H and O–H groups in total. The molecule has 0 saturated carbocycles. The summed E-state index contributed by atoms with van der Waals surface area (Å²) >= 11 is 0. The highest BCUT2D eigenvalue weighted by molar-refractivity contribution is 5.47. The number of terminal acetylenes is 1. The molecule has 3 nitrogen and oxygen atoms in total. The van der Waals surface area contributed by atoms with Gasteiger partial charge in [-0.3, -0.25) is 0 Å². The van der Waals surface area contributed by atoms with Crippen LogP contribution in [0.5, 0.6) is 0 Å². The Morgan fingerprint density at radius 1 is 1.22 bits per heavy atom. The number of fused-ring (bicyclic) bond motifs is 1. The van der Waals surface area contributed by atoms with Crippen LogP contribution < -0.4 is 0 Å². The summed E-state index contributed by atoms with van der Waals surface area (Å²) in [7, 11) is 2.10. The summed E-state index contributed by atoms with van der Waals surface area (Å²) in [6, 6.07) is 14.5. The molecule has 0 aliphatic carbocycles. The van der Waals surface area contributed by atoms with Crippen molar-refractivity contribution in [2.45, 2.75) is 32.0 Å². The molecule has 1 heterocycles. The van der Waals surface area contributed by atoms with E-state index in [1.165, 1.54) is 12.1 Å². The van der Waals surface area contributed by atoms with E-state index in [2.05, 4.69) is 37.8 Å². The molecule has 27 heavy (non-hydrogen) atoms. The van der Waals surface area contributed by atoms with Crippen LogP contribution in [-0.2, 0) is 16.9 Å². The Bertz CT molecular complexity index is 823. The number of benzene rings is 2. The smallest absolute Gasteiger partial charge is 0.123 e. The number of nitrogens with zero attached hydrogens (tertiary/aromatic N) is 2. The van der Waals surface area contributed by atoms with E-state index in [4.69, 9.17) is 10.00 Å². The van der Waals surface area contributed by atoms with Crippen LogP contribution in [0, 0.1) is 30.0 Å². The van der Waals surface area contributed by atoms with Gasteiger partial charge in [-0.15, -0.1) is 12.8 Å². The summed E-state index contributed by atoms with van der Waals surface area (Å²) in [5, 5.41) is 9.14. The minimum absolute atomic E-state index is 0.248. The number of hydrogen-bond acceptors (Lipinski definition) is 3. The SMILES string of the molecule is C#C.CCN(C)CCCC1(c2ccc(F)cc2)OCc2cc(C#N)ccc21. The van der Waals surface area contributed by atoms with E-state index < -0.39 is 5.60 Å². The molecular weight excluding hydrogens is 339 g/mol. The van der Waals surface area contributed by atoms with Crippen LogP contribution in [0.15, 0.2) is 42.5 Å². The Labute approximate surface area is 161 Å². The van der Waals surface area contributed by atoms with Crippen molar-refractivity contribution in [1.29, 1.82) is 5.26 Å². The van der Waals surface area contributed by atoms with Crippen LogP contribution in [0.1, 0.15) is 42.0 Å². The van der Waals surface area contributed by atoms with Crippen molar-refractivity contribution in [3.8, 4) is 18.9 Å². The van der Waals surface area contributed by atoms with E-state index in [-0.39, 0.29) is 5.82 Å². The van der Waals surface area contributed by atoms with Gasteiger partial charge < -0.3 is 9.64 Å². The second kappa shape index (κ2) is 9.33. The largest absolute Gasteiger partial charge is 0.361 e. The molecule has 1 aliphatic heterocycles. The van der Waals surface area contributed by atoms with Crippen molar-refractivity contribution in [2.75, 3.05) is 20.1 Å². The van der Waals surface area contributed by atoms with Gasteiger partial charge in [0.15, 0.2) is 0 Å². The molecule has 3 rings (SSSR count). The van der Waals surface area contributed by atoms with E-state index in [1.807, 2.05) is 30.3 Å². The summed E-state index contributed by atoms with van der Waals surface area (Å²) in [6.45, 7) is 4.60. The normalized spacial score (nSPS) is 17.7. The number of nitriles is 1. The third-order valence-corrected chi connectivity index (χ3v) is 5.06.